The minimum atomic E-state index is 0.215. The molecule has 3 heteroatoms. The van der Waals surface area contributed by atoms with Crippen molar-refractivity contribution in [3.8, 4) is 0 Å². The molecule has 0 saturated heterocycles. The van der Waals surface area contributed by atoms with Crippen molar-refractivity contribution in [2.24, 2.45) is 5.92 Å². The zero-order chi connectivity index (χ0) is 9.80. The normalized spacial score (nSPS) is 17.1. The van der Waals surface area contributed by atoms with Crippen molar-refractivity contribution in [1.29, 1.82) is 0 Å². The van der Waals surface area contributed by atoms with E-state index in [2.05, 4.69) is 10.2 Å². The molecule has 1 saturated carbocycles. The maximum atomic E-state index is 11.7. The third-order valence-corrected chi connectivity index (χ3v) is 2.86. The molecule has 0 aromatic carbocycles. The summed E-state index contributed by atoms with van der Waals surface area (Å²) in [7, 11) is 0. The molecule has 0 aliphatic heterocycles. The number of hydrogen-bond donors (Lipinski definition) is 0. The first-order valence-electron chi connectivity index (χ1n) is 5.16. The van der Waals surface area contributed by atoms with Gasteiger partial charge in [0.2, 0.25) is 0 Å². The summed E-state index contributed by atoms with van der Waals surface area (Å²) in [5, 5.41) is 7.37. The Labute approximate surface area is 83.5 Å². The maximum absolute atomic E-state index is 11.7. The van der Waals surface area contributed by atoms with Crippen LogP contribution in [0.1, 0.15) is 42.5 Å². The van der Waals surface area contributed by atoms with Crippen molar-refractivity contribution in [3.05, 3.63) is 24.0 Å². The van der Waals surface area contributed by atoms with Gasteiger partial charge in [-0.25, -0.2) is 0 Å². The van der Waals surface area contributed by atoms with Crippen molar-refractivity contribution in [2.45, 2.75) is 32.1 Å². The summed E-state index contributed by atoms with van der Waals surface area (Å²) in [6.45, 7) is 0. The van der Waals surface area contributed by atoms with Crippen LogP contribution in [0, 0.1) is 5.92 Å². The molecule has 1 aromatic rings. The summed E-state index contributed by atoms with van der Waals surface area (Å²) in [6.07, 6.45) is 8.80. The van der Waals surface area contributed by atoms with E-state index in [-0.39, 0.29) is 5.78 Å². The highest BCUT2D eigenvalue weighted by Gasteiger charge is 2.19. The van der Waals surface area contributed by atoms with E-state index in [0.717, 1.165) is 0 Å². The second-order valence-corrected chi connectivity index (χ2v) is 3.91. The maximum Gasteiger partial charge on any atom is 0.164 e. The number of carbonyl (C=O) groups excluding carboxylic acids is 1. The second kappa shape index (κ2) is 4.31. The largest absolute Gasteiger partial charge is 0.294 e. The Morgan fingerprint density at radius 1 is 1.36 bits per heavy atom. The van der Waals surface area contributed by atoms with Gasteiger partial charge >= 0.3 is 0 Å². The van der Waals surface area contributed by atoms with Crippen LogP contribution in [0.2, 0.25) is 0 Å². The van der Waals surface area contributed by atoms with Crippen LogP contribution in [-0.2, 0) is 0 Å². The fourth-order valence-electron chi connectivity index (χ4n) is 2.05. The number of rotatable bonds is 3. The van der Waals surface area contributed by atoms with Crippen molar-refractivity contribution < 1.29 is 4.79 Å². The van der Waals surface area contributed by atoms with Gasteiger partial charge in [0.25, 0.3) is 0 Å². The van der Waals surface area contributed by atoms with Gasteiger partial charge in [-0.3, -0.25) is 4.79 Å². The van der Waals surface area contributed by atoms with Crippen LogP contribution in [-0.4, -0.2) is 16.0 Å². The molecule has 0 atom stereocenters. The number of hydrogen-bond acceptors (Lipinski definition) is 3. The molecule has 0 radical (unpaired) electrons. The lowest BCUT2D eigenvalue weighted by Gasteiger charge is -2.06. The molecule has 0 N–H and O–H groups in total. The summed E-state index contributed by atoms with van der Waals surface area (Å²) < 4.78 is 0. The summed E-state index contributed by atoms with van der Waals surface area (Å²) in [5.74, 6) is 0.822. The first-order valence-corrected chi connectivity index (χ1v) is 5.16. The Kier molecular flexibility index (Phi) is 2.87. The van der Waals surface area contributed by atoms with Gasteiger partial charge < -0.3 is 0 Å². The Bertz CT molecular complexity index is 304. The van der Waals surface area contributed by atoms with Crippen molar-refractivity contribution in [1.82, 2.24) is 10.2 Å². The molecule has 1 aromatic heterocycles. The van der Waals surface area contributed by atoms with E-state index in [1.807, 2.05) is 0 Å². The topological polar surface area (TPSA) is 42.9 Å². The fourth-order valence-corrected chi connectivity index (χ4v) is 2.05. The first kappa shape index (κ1) is 9.31. The van der Waals surface area contributed by atoms with Gasteiger partial charge in [-0.05, 0) is 12.0 Å². The lowest BCUT2D eigenvalue weighted by Crippen LogP contribution is -2.06. The van der Waals surface area contributed by atoms with Gasteiger partial charge in [0.1, 0.15) is 0 Å². The molecule has 0 unspecified atom stereocenters. The van der Waals surface area contributed by atoms with Crippen molar-refractivity contribution in [2.75, 3.05) is 0 Å². The van der Waals surface area contributed by atoms with Gasteiger partial charge in [-0.1, -0.05) is 25.7 Å². The SMILES string of the molecule is O=C(CC1CCCC1)c1ccnnc1. The van der Waals surface area contributed by atoms with Gasteiger partial charge in [-0.15, -0.1) is 0 Å². The standard InChI is InChI=1S/C11H14N2O/c14-11(7-9-3-1-2-4-9)10-5-6-12-13-8-10/h5-6,8-9H,1-4,7H2. The zero-order valence-corrected chi connectivity index (χ0v) is 8.15. The number of aromatic nitrogens is 2. The van der Waals surface area contributed by atoms with Gasteiger partial charge in [0, 0.05) is 12.0 Å². The molecular formula is C11H14N2O. The van der Waals surface area contributed by atoms with E-state index in [0.29, 0.717) is 17.9 Å². The number of carbonyl (C=O) groups is 1. The third kappa shape index (κ3) is 2.16. The van der Waals surface area contributed by atoms with E-state index < -0.39 is 0 Å². The summed E-state index contributed by atoms with van der Waals surface area (Å²) in [5.41, 5.74) is 0.701. The molecule has 74 valence electrons. The van der Waals surface area contributed by atoms with Gasteiger partial charge in [0.05, 0.1) is 12.4 Å². The smallest absolute Gasteiger partial charge is 0.164 e. The number of ketones is 1. The Morgan fingerprint density at radius 2 is 2.14 bits per heavy atom. The average molecular weight is 190 g/mol. The van der Waals surface area contributed by atoms with Crippen LogP contribution in [0.15, 0.2) is 18.5 Å². The van der Waals surface area contributed by atoms with Crippen molar-refractivity contribution >= 4 is 5.78 Å². The van der Waals surface area contributed by atoms with Crippen LogP contribution in [0.25, 0.3) is 0 Å². The third-order valence-electron chi connectivity index (χ3n) is 2.86. The van der Waals surface area contributed by atoms with Gasteiger partial charge in [0.15, 0.2) is 5.78 Å². The van der Waals surface area contributed by atoms with Crippen LogP contribution >= 0.6 is 0 Å². The molecule has 3 nitrogen and oxygen atoms in total. The highest BCUT2D eigenvalue weighted by molar-refractivity contribution is 5.95. The summed E-state index contributed by atoms with van der Waals surface area (Å²) in [4.78, 5) is 11.7. The van der Waals surface area contributed by atoms with E-state index in [1.54, 1.807) is 18.5 Å². The molecule has 1 aliphatic carbocycles. The average Bonchev–Trinajstić information content (AvgIpc) is 2.72. The highest BCUT2D eigenvalue weighted by Crippen LogP contribution is 2.28. The second-order valence-electron chi connectivity index (χ2n) is 3.91. The number of nitrogens with zero attached hydrogens (tertiary/aromatic N) is 2. The Balaban J connectivity index is 1.95. The van der Waals surface area contributed by atoms with Crippen LogP contribution in [0.4, 0.5) is 0 Å². The molecule has 1 fully saturated rings. The molecule has 14 heavy (non-hydrogen) atoms. The van der Waals surface area contributed by atoms with Gasteiger partial charge in [-0.2, -0.15) is 10.2 Å². The minimum Gasteiger partial charge on any atom is -0.294 e. The summed E-state index contributed by atoms with van der Waals surface area (Å²) >= 11 is 0. The van der Waals surface area contributed by atoms with Crippen LogP contribution in [0.3, 0.4) is 0 Å². The molecular weight excluding hydrogens is 176 g/mol. The highest BCUT2D eigenvalue weighted by atomic mass is 16.1. The van der Waals surface area contributed by atoms with Crippen LogP contribution in [0.5, 0.6) is 0 Å². The zero-order valence-electron chi connectivity index (χ0n) is 8.15. The van der Waals surface area contributed by atoms with E-state index in [9.17, 15) is 4.79 Å². The van der Waals surface area contributed by atoms with E-state index in [1.165, 1.54) is 25.7 Å². The molecule has 0 bridgehead atoms. The summed E-state index contributed by atoms with van der Waals surface area (Å²) in [6, 6.07) is 1.74. The molecule has 0 amide bonds. The fraction of sp³-hybridized carbons (Fsp3) is 0.545. The first-order chi connectivity index (χ1) is 6.86. The number of Topliss-reactive ketones (excluding diaryl/α,β-unsaturated/α-hetero) is 1. The molecule has 0 spiro atoms. The predicted octanol–water partition coefficient (Wildman–Crippen LogP) is 2.24. The lowest BCUT2D eigenvalue weighted by atomic mass is 9.98. The van der Waals surface area contributed by atoms with Crippen molar-refractivity contribution in [3.63, 3.8) is 0 Å². The molecule has 2 rings (SSSR count). The van der Waals surface area contributed by atoms with E-state index in [4.69, 9.17) is 0 Å². The molecule has 1 aliphatic rings. The Hall–Kier alpha value is -1.25. The van der Waals surface area contributed by atoms with Crippen LogP contribution < -0.4 is 0 Å². The quantitative estimate of drug-likeness (QED) is 0.686. The Morgan fingerprint density at radius 3 is 2.79 bits per heavy atom. The van der Waals surface area contributed by atoms with E-state index >= 15 is 0 Å². The monoisotopic (exact) mass is 190 g/mol. The minimum absolute atomic E-state index is 0.215. The molecule has 1 heterocycles. The predicted molar refractivity (Wildman–Crippen MR) is 52.9 cm³/mol. The lowest BCUT2D eigenvalue weighted by molar-refractivity contribution is 0.0961.